The predicted molar refractivity (Wildman–Crippen MR) is 123 cm³/mol. The number of ether oxygens (including phenoxy) is 1. The summed E-state index contributed by atoms with van der Waals surface area (Å²) < 4.78 is 20.3. The molecule has 3 amide bonds. The number of anilines is 2. The number of benzene rings is 3. The third kappa shape index (κ3) is 6.37. The molecule has 0 saturated heterocycles. The van der Waals surface area contributed by atoms with Crippen LogP contribution in [0.15, 0.2) is 72.8 Å². The SMILES string of the molecule is O=C(Nc1ccc(N(S)C(=O)NCCOc2cccc(Cl)c2)cc1)c1ccccc1F. The lowest BCUT2D eigenvalue weighted by Gasteiger charge is -2.17. The number of halogens is 2. The highest BCUT2D eigenvalue weighted by atomic mass is 35.5. The van der Waals surface area contributed by atoms with Crippen LogP contribution in [0.3, 0.4) is 0 Å². The molecular weight excluding hydrogens is 441 g/mol. The Kier molecular flexibility index (Phi) is 7.75. The average Bonchev–Trinajstić information content (AvgIpc) is 2.77. The summed E-state index contributed by atoms with van der Waals surface area (Å²) in [6.45, 7) is 0.522. The maximum Gasteiger partial charge on any atom is 0.332 e. The Morgan fingerprint density at radius 3 is 2.48 bits per heavy atom. The van der Waals surface area contributed by atoms with Crippen molar-refractivity contribution in [3.63, 3.8) is 0 Å². The zero-order chi connectivity index (χ0) is 22.2. The Morgan fingerprint density at radius 2 is 1.77 bits per heavy atom. The first-order chi connectivity index (χ1) is 14.9. The maximum absolute atomic E-state index is 13.7. The van der Waals surface area contributed by atoms with Crippen LogP contribution in [0, 0.1) is 5.82 Å². The van der Waals surface area contributed by atoms with Gasteiger partial charge in [0, 0.05) is 10.7 Å². The molecule has 31 heavy (non-hydrogen) atoms. The number of hydrogen-bond acceptors (Lipinski definition) is 4. The van der Waals surface area contributed by atoms with E-state index in [-0.39, 0.29) is 18.7 Å². The van der Waals surface area contributed by atoms with Crippen molar-refractivity contribution in [1.29, 1.82) is 0 Å². The van der Waals surface area contributed by atoms with Gasteiger partial charge in [-0.3, -0.25) is 4.79 Å². The van der Waals surface area contributed by atoms with Gasteiger partial charge in [-0.05, 0) is 54.6 Å². The molecule has 3 aromatic rings. The number of amides is 3. The Bertz CT molecular complexity index is 1070. The van der Waals surface area contributed by atoms with Crippen LogP contribution in [0.2, 0.25) is 5.02 Å². The van der Waals surface area contributed by atoms with Crippen LogP contribution < -0.4 is 19.7 Å². The summed E-state index contributed by atoms with van der Waals surface area (Å²) in [5.74, 6) is -0.558. The van der Waals surface area contributed by atoms with Crippen molar-refractivity contribution in [2.24, 2.45) is 0 Å². The fourth-order valence-corrected chi connectivity index (χ4v) is 2.99. The fourth-order valence-electron chi connectivity index (χ4n) is 2.61. The topological polar surface area (TPSA) is 70.7 Å². The van der Waals surface area contributed by atoms with Gasteiger partial charge in [0.05, 0.1) is 17.8 Å². The number of carbonyl (C=O) groups is 2. The molecule has 0 radical (unpaired) electrons. The lowest BCUT2D eigenvalue weighted by molar-refractivity contribution is 0.102. The molecule has 0 aliphatic heterocycles. The van der Waals surface area contributed by atoms with Crippen molar-refractivity contribution in [2.45, 2.75) is 0 Å². The van der Waals surface area contributed by atoms with E-state index in [0.29, 0.717) is 22.1 Å². The van der Waals surface area contributed by atoms with Gasteiger partial charge in [0.25, 0.3) is 5.91 Å². The zero-order valence-electron chi connectivity index (χ0n) is 16.2. The normalized spacial score (nSPS) is 10.3. The van der Waals surface area contributed by atoms with Crippen LogP contribution in [0.25, 0.3) is 0 Å². The quantitative estimate of drug-likeness (QED) is 0.337. The zero-order valence-corrected chi connectivity index (χ0v) is 17.9. The van der Waals surface area contributed by atoms with Crippen molar-refractivity contribution >= 4 is 47.7 Å². The smallest absolute Gasteiger partial charge is 0.332 e. The van der Waals surface area contributed by atoms with Gasteiger partial charge in [-0.1, -0.05) is 42.6 Å². The minimum Gasteiger partial charge on any atom is -0.492 e. The van der Waals surface area contributed by atoms with Gasteiger partial charge in [0.1, 0.15) is 18.2 Å². The van der Waals surface area contributed by atoms with E-state index in [2.05, 4.69) is 23.4 Å². The summed E-state index contributed by atoms with van der Waals surface area (Å²) in [7, 11) is 0. The van der Waals surface area contributed by atoms with E-state index in [1.54, 1.807) is 54.6 Å². The van der Waals surface area contributed by atoms with E-state index in [0.717, 1.165) is 4.31 Å². The van der Waals surface area contributed by atoms with Gasteiger partial charge in [-0.2, -0.15) is 0 Å². The lowest BCUT2D eigenvalue weighted by atomic mass is 10.2. The van der Waals surface area contributed by atoms with Gasteiger partial charge < -0.3 is 15.4 Å². The van der Waals surface area contributed by atoms with Crippen molar-refractivity contribution < 1.29 is 18.7 Å². The monoisotopic (exact) mass is 459 g/mol. The van der Waals surface area contributed by atoms with E-state index >= 15 is 0 Å². The summed E-state index contributed by atoms with van der Waals surface area (Å²) in [5.41, 5.74) is 0.885. The molecule has 3 aromatic carbocycles. The Morgan fingerprint density at radius 1 is 1.03 bits per heavy atom. The van der Waals surface area contributed by atoms with E-state index in [1.807, 2.05) is 0 Å². The lowest BCUT2D eigenvalue weighted by Crippen LogP contribution is -2.36. The standard InChI is InChI=1S/C22H19ClFN3O3S/c23-15-4-3-5-18(14-15)30-13-12-25-22(29)27(31)17-10-8-16(9-11-17)26-21(28)19-6-1-2-7-20(19)24/h1-11,14,31H,12-13H2,(H,25,29)(H,26,28). The van der Waals surface area contributed by atoms with Crippen LogP contribution in [-0.4, -0.2) is 25.1 Å². The summed E-state index contributed by atoms with van der Waals surface area (Å²) in [6, 6.07) is 18.6. The number of rotatable bonds is 7. The highest BCUT2D eigenvalue weighted by molar-refractivity contribution is 7.82. The molecule has 0 fully saturated rings. The molecule has 0 saturated carbocycles. The third-order valence-corrected chi connectivity index (χ3v) is 4.77. The highest BCUT2D eigenvalue weighted by Crippen LogP contribution is 2.21. The second kappa shape index (κ2) is 10.7. The molecule has 6 nitrogen and oxygen atoms in total. The fraction of sp³-hybridized carbons (Fsp3) is 0.0909. The van der Waals surface area contributed by atoms with E-state index in [9.17, 15) is 14.0 Å². The van der Waals surface area contributed by atoms with Gasteiger partial charge in [0.2, 0.25) is 0 Å². The first-order valence-electron chi connectivity index (χ1n) is 9.25. The molecule has 0 bridgehead atoms. The number of thiol groups is 1. The Labute approximate surface area is 189 Å². The van der Waals surface area contributed by atoms with Gasteiger partial charge in [0.15, 0.2) is 0 Å². The minimum absolute atomic E-state index is 0.0539. The van der Waals surface area contributed by atoms with Gasteiger partial charge >= 0.3 is 6.03 Å². The van der Waals surface area contributed by atoms with Crippen LogP contribution in [-0.2, 0) is 0 Å². The second-order valence-electron chi connectivity index (χ2n) is 6.33. The Balaban J connectivity index is 1.48. The number of carbonyl (C=O) groups excluding carboxylic acids is 2. The first kappa shape index (κ1) is 22.5. The molecule has 0 atom stereocenters. The number of nitrogens with zero attached hydrogens (tertiary/aromatic N) is 1. The van der Waals surface area contributed by atoms with Crippen LogP contribution in [0.5, 0.6) is 5.75 Å². The van der Waals surface area contributed by atoms with Crippen molar-refractivity contribution in [3.8, 4) is 5.75 Å². The van der Waals surface area contributed by atoms with Crippen molar-refractivity contribution in [2.75, 3.05) is 22.8 Å². The second-order valence-corrected chi connectivity index (χ2v) is 7.17. The molecule has 9 heteroatoms. The molecule has 0 spiro atoms. The van der Waals surface area contributed by atoms with Crippen LogP contribution >= 0.6 is 24.4 Å². The molecule has 3 rings (SSSR count). The molecule has 0 heterocycles. The first-order valence-corrected chi connectivity index (χ1v) is 10.0. The summed E-state index contributed by atoms with van der Waals surface area (Å²) in [6.07, 6.45) is 0. The molecule has 2 N–H and O–H groups in total. The van der Waals surface area contributed by atoms with E-state index in [4.69, 9.17) is 16.3 Å². The summed E-state index contributed by atoms with van der Waals surface area (Å²) in [4.78, 5) is 24.4. The molecule has 0 aromatic heterocycles. The predicted octanol–water partition coefficient (Wildman–Crippen LogP) is 5.17. The number of urea groups is 1. The summed E-state index contributed by atoms with van der Waals surface area (Å²) >= 11 is 10.1. The Hall–Kier alpha value is -3.23. The summed E-state index contributed by atoms with van der Waals surface area (Å²) in [5, 5.41) is 5.85. The molecule has 160 valence electrons. The van der Waals surface area contributed by atoms with E-state index < -0.39 is 17.8 Å². The number of nitrogens with one attached hydrogen (secondary N) is 2. The molecule has 0 unspecified atom stereocenters. The largest absolute Gasteiger partial charge is 0.492 e. The van der Waals surface area contributed by atoms with Crippen LogP contribution in [0.1, 0.15) is 10.4 Å². The van der Waals surface area contributed by atoms with Crippen molar-refractivity contribution in [1.82, 2.24) is 5.32 Å². The van der Waals surface area contributed by atoms with Gasteiger partial charge in [-0.25, -0.2) is 13.5 Å². The minimum atomic E-state index is -0.603. The maximum atomic E-state index is 13.7. The molecule has 0 aliphatic rings. The third-order valence-electron chi connectivity index (χ3n) is 4.12. The van der Waals surface area contributed by atoms with Crippen molar-refractivity contribution in [3.05, 3.63) is 89.2 Å². The van der Waals surface area contributed by atoms with Crippen LogP contribution in [0.4, 0.5) is 20.6 Å². The number of hydrogen-bond donors (Lipinski definition) is 3. The van der Waals surface area contributed by atoms with E-state index in [1.165, 1.54) is 18.2 Å². The average molecular weight is 460 g/mol. The molecule has 0 aliphatic carbocycles. The highest BCUT2D eigenvalue weighted by Gasteiger charge is 2.13. The molecular formula is C22H19ClFN3O3S. The van der Waals surface area contributed by atoms with Gasteiger partial charge in [-0.15, -0.1) is 0 Å².